The number of aliphatic hydroxyl groups is 1. The number of rotatable bonds is 4. The Morgan fingerprint density at radius 1 is 1.47 bits per heavy atom. The molecule has 96 valence electrons. The monoisotopic (exact) mass is 271 g/mol. The van der Waals surface area contributed by atoms with Gasteiger partial charge in [0.2, 0.25) is 0 Å². The minimum atomic E-state index is -4.89. The number of methoxy groups -OCH3 is 1. The highest BCUT2D eigenvalue weighted by Gasteiger charge is 2.34. The number of aliphatic hydroxyl groups excluding tert-OH is 1. The maximum Gasteiger partial charge on any atom is 0.573 e. The van der Waals surface area contributed by atoms with Gasteiger partial charge in [-0.1, -0.05) is 0 Å². The molecule has 17 heavy (non-hydrogen) atoms. The molecule has 0 aliphatic rings. The Kier molecular flexibility index (Phi) is 4.41. The van der Waals surface area contributed by atoms with Gasteiger partial charge in [0.25, 0.3) is 0 Å². The van der Waals surface area contributed by atoms with E-state index in [0.717, 1.165) is 0 Å². The summed E-state index contributed by atoms with van der Waals surface area (Å²) >= 11 is 5.54. The summed E-state index contributed by atoms with van der Waals surface area (Å²) in [5.74, 6) is -0.810. The van der Waals surface area contributed by atoms with Crippen LogP contribution in [0.3, 0.4) is 0 Å². The average molecular weight is 272 g/mol. The fourth-order valence-corrected chi connectivity index (χ4v) is 1.46. The molecule has 8 heteroatoms. The lowest BCUT2D eigenvalue weighted by atomic mass is 10.2. The predicted molar refractivity (Wildman–Crippen MR) is 53.0 cm³/mol. The molecule has 0 spiro atoms. The van der Waals surface area contributed by atoms with E-state index < -0.39 is 18.7 Å². The lowest BCUT2D eigenvalue weighted by molar-refractivity contribution is -0.275. The first kappa shape index (κ1) is 13.9. The van der Waals surface area contributed by atoms with Gasteiger partial charge in [0.05, 0.1) is 31.4 Å². The van der Waals surface area contributed by atoms with Crippen molar-refractivity contribution in [1.82, 2.24) is 4.98 Å². The lowest BCUT2D eigenvalue weighted by Crippen LogP contribution is -2.20. The maximum absolute atomic E-state index is 12.2. The van der Waals surface area contributed by atoms with Crippen molar-refractivity contribution >= 4 is 11.6 Å². The van der Waals surface area contributed by atoms with E-state index in [4.69, 9.17) is 21.4 Å². The molecular weight excluding hydrogens is 263 g/mol. The Bertz CT molecular complexity index is 398. The summed E-state index contributed by atoms with van der Waals surface area (Å²) in [5, 5.41) is 8.91. The molecule has 0 bridgehead atoms. The van der Waals surface area contributed by atoms with E-state index >= 15 is 0 Å². The normalized spacial score (nSPS) is 11.4. The molecule has 0 aliphatic carbocycles. The third kappa shape index (κ3) is 3.37. The summed E-state index contributed by atoms with van der Waals surface area (Å²) in [7, 11) is 1.27. The lowest BCUT2D eigenvalue weighted by Gasteiger charge is -2.16. The first-order valence-electron chi connectivity index (χ1n) is 4.40. The third-order valence-corrected chi connectivity index (χ3v) is 2.16. The molecule has 1 aromatic rings. The van der Waals surface area contributed by atoms with Gasteiger partial charge in [0, 0.05) is 0 Å². The van der Waals surface area contributed by atoms with Gasteiger partial charge in [-0.3, -0.25) is 4.98 Å². The third-order valence-electron chi connectivity index (χ3n) is 1.89. The first-order chi connectivity index (χ1) is 7.92. The van der Waals surface area contributed by atoms with Crippen LogP contribution in [0, 0.1) is 0 Å². The van der Waals surface area contributed by atoms with Gasteiger partial charge in [-0.15, -0.1) is 24.8 Å². The Morgan fingerprint density at radius 3 is 2.53 bits per heavy atom. The predicted octanol–water partition coefficient (Wildman–Crippen LogP) is 2.22. The molecule has 0 saturated carbocycles. The van der Waals surface area contributed by atoms with Crippen LogP contribution in [0.25, 0.3) is 0 Å². The second-order valence-corrected chi connectivity index (χ2v) is 3.19. The van der Waals surface area contributed by atoms with Crippen LogP contribution < -0.4 is 9.47 Å². The van der Waals surface area contributed by atoms with E-state index in [-0.39, 0.29) is 22.9 Å². The zero-order valence-electron chi connectivity index (χ0n) is 8.71. The highest BCUT2D eigenvalue weighted by Crippen LogP contribution is 2.35. The zero-order valence-corrected chi connectivity index (χ0v) is 9.47. The molecular formula is C9H9ClF3NO3. The van der Waals surface area contributed by atoms with Gasteiger partial charge in [0.1, 0.15) is 11.4 Å². The number of hydrogen-bond donors (Lipinski definition) is 1. The van der Waals surface area contributed by atoms with Gasteiger partial charge in [-0.25, -0.2) is 0 Å². The summed E-state index contributed by atoms with van der Waals surface area (Å²) < 4.78 is 45.2. The van der Waals surface area contributed by atoms with Crippen LogP contribution >= 0.6 is 11.6 Å². The number of halogens is 4. The molecule has 0 unspecified atom stereocenters. The number of aromatic nitrogens is 1. The summed E-state index contributed by atoms with van der Waals surface area (Å²) in [6, 6.07) is 0. The zero-order chi connectivity index (χ0) is 13.1. The van der Waals surface area contributed by atoms with Crippen molar-refractivity contribution in [2.24, 2.45) is 0 Å². The highest BCUT2D eigenvalue weighted by molar-refractivity contribution is 6.17. The Balaban J connectivity index is 3.30. The Hall–Kier alpha value is -1.21. The summed E-state index contributed by atoms with van der Waals surface area (Å²) in [6.07, 6.45) is -3.72. The minimum Gasteiger partial charge on any atom is -0.495 e. The standard InChI is InChI=1S/C9H9ClF3NO3/c1-16-7-3-14-6(4-15)8(5(7)2-10)17-9(11,12)13/h3,15H,2,4H2,1H3. The fraction of sp³-hybridized carbons (Fsp3) is 0.444. The molecule has 4 nitrogen and oxygen atoms in total. The topological polar surface area (TPSA) is 51.6 Å². The average Bonchev–Trinajstić information content (AvgIpc) is 2.26. The smallest absolute Gasteiger partial charge is 0.495 e. The molecule has 0 fully saturated rings. The van der Waals surface area contributed by atoms with Crippen LogP contribution in [0.15, 0.2) is 6.20 Å². The molecule has 1 aromatic heterocycles. The van der Waals surface area contributed by atoms with Crippen molar-refractivity contribution in [3.05, 3.63) is 17.5 Å². The molecule has 1 N–H and O–H groups in total. The second-order valence-electron chi connectivity index (χ2n) is 2.92. The van der Waals surface area contributed by atoms with Gasteiger partial charge in [-0.2, -0.15) is 0 Å². The van der Waals surface area contributed by atoms with Crippen LogP contribution in [0.2, 0.25) is 0 Å². The maximum atomic E-state index is 12.2. The number of alkyl halides is 4. The van der Waals surface area contributed by atoms with Crippen molar-refractivity contribution in [1.29, 1.82) is 0 Å². The van der Waals surface area contributed by atoms with E-state index in [1.807, 2.05) is 0 Å². The molecule has 0 radical (unpaired) electrons. The van der Waals surface area contributed by atoms with Gasteiger partial charge in [-0.05, 0) is 0 Å². The Morgan fingerprint density at radius 2 is 2.12 bits per heavy atom. The van der Waals surface area contributed by atoms with Crippen LogP contribution in [0.5, 0.6) is 11.5 Å². The molecule has 1 heterocycles. The summed E-state index contributed by atoms with van der Waals surface area (Å²) in [5.41, 5.74) is -0.260. The van der Waals surface area contributed by atoms with Crippen LogP contribution in [0.4, 0.5) is 13.2 Å². The number of pyridine rings is 1. The quantitative estimate of drug-likeness (QED) is 0.853. The van der Waals surface area contributed by atoms with E-state index in [9.17, 15) is 13.2 Å². The molecule has 0 aliphatic heterocycles. The summed E-state index contributed by atoms with van der Waals surface area (Å²) in [6.45, 7) is -0.695. The van der Waals surface area contributed by atoms with Crippen LogP contribution in [-0.2, 0) is 12.5 Å². The first-order valence-corrected chi connectivity index (χ1v) is 4.93. The van der Waals surface area contributed by atoms with Crippen LogP contribution in [0.1, 0.15) is 11.3 Å². The van der Waals surface area contributed by atoms with E-state index in [2.05, 4.69) is 9.72 Å². The highest BCUT2D eigenvalue weighted by atomic mass is 35.5. The SMILES string of the molecule is COc1cnc(CO)c(OC(F)(F)F)c1CCl. The summed E-state index contributed by atoms with van der Waals surface area (Å²) in [4.78, 5) is 3.60. The van der Waals surface area contributed by atoms with Crippen molar-refractivity contribution in [2.45, 2.75) is 18.8 Å². The van der Waals surface area contributed by atoms with Crippen molar-refractivity contribution in [3.8, 4) is 11.5 Å². The van der Waals surface area contributed by atoms with Gasteiger partial charge < -0.3 is 14.6 Å². The minimum absolute atomic E-state index is 0.00876. The second kappa shape index (κ2) is 5.42. The van der Waals surface area contributed by atoms with Crippen molar-refractivity contribution in [3.63, 3.8) is 0 Å². The largest absolute Gasteiger partial charge is 0.573 e. The number of nitrogens with zero attached hydrogens (tertiary/aromatic N) is 1. The number of ether oxygens (including phenoxy) is 2. The van der Waals surface area contributed by atoms with Gasteiger partial charge >= 0.3 is 6.36 Å². The van der Waals surface area contributed by atoms with Gasteiger partial charge in [0.15, 0.2) is 5.75 Å². The molecule has 1 rings (SSSR count). The molecule has 0 saturated heterocycles. The number of hydrogen-bond acceptors (Lipinski definition) is 4. The van der Waals surface area contributed by atoms with E-state index in [1.54, 1.807) is 0 Å². The van der Waals surface area contributed by atoms with Crippen molar-refractivity contribution in [2.75, 3.05) is 7.11 Å². The molecule has 0 amide bonds. The van der Waals surface area contributed by atoms with E-state index in [1.165, 1.54) is 13.3 Å². The molecule has 0 atom stereocenters. The fourth-order valence-electron chi connectivity index (χ4n) is 1.21. The van der Waals surface area contributed by atoms with Crippen molar-refractivity contribution < 1.29 is 27.8 Å². The van der Waals surface area contributed by atoms with E-state index in [0.29, 0.717) is 0 Å². The van der Waals surface area contributed by atoms with Crippen LogP contribution in [-0.4, -0.2) is 23.6 Å². The Labute approximate surface area is 99.9 Å². The molecule has 0 aromatic carbocycles.